The second kappa shape index (κ2) is 42.6. The first-order chi connectivity index (χ1) is 2.83. The summed E-state index contributed by atoms with van der Waals surface area (Å²) in [7, 11) is 0. The molecule has 0 aliphatic heterocycles. The van der Waals surface area contributed by atoms with E-state index in [-0.39, 0.29) is 91.3 Å². The largest absolute Gasteiger partial charge is 2.00 e. The third kappa shape index (κ3) is 89.4. The van der Waals surface area contributed by atoms with Gasteiger partial charge in [0, 0.05) is 40.4 Å². The van der Waals surface area contributed by atoms with Gasteiger partial charge in [-0.15, -0.1) is 0 Å². The van der Waals surface area contributed by atoms with E-state index in [2.05, 4.69) is 0 Å². The van der Waals surface area contributed by atoms with E-state index < -0.39 is 29.9 Å². The van der Waals surface area contributed by atoms with E-state index in [0.717, 1.165) is 0 Å². The van der Waals surface area contributed by atoms with E-state index in [4.69, 9.17) is 16.2 Å². The van der Waals surface area contributed by atoms with Gasteiger partial charge in [0.15, 0.2) is 0 Å². The van der Waals surface area contributed by atoms with Crippen LogP contribution in [0.5, 0.6) is 0 Å². The van der Waals surface area contributed by atoms with Crippen LogP contribution in [0.15, 0.2) is 0 Å². The minimum atomic E-state index is -1.06. The monoisotopic (exact) mass is 440 g/mol. The Kier molecular flexibility index (Phi) is 140. The Morgan fingerprint density at radius 1 is 1.33 bits per heavy atom. The zero-order valence-electron chi connectivity index (χ0n) is 3.90. The second-order valence-corrected chi connectivity index (χ2v) is 0.480. The SMILES string of the molecule is [OH-].[O]=[Co][O-].[O]=[Co][OH].[Sm].[Sr+2]. The van der Waals surface area contributed by atoms with Crippen LogP contribution in [-0.2, 0) is 37.6 Å². The number of rotatable bonds is 0. The molecule has 0 spiro atoms. The van der Waals surface area contributed by atoms with Crippen molar-refractivity contribution in [1.29, 1.82) is 0 Å². The van der Waals surface area contributed by atoms with Crippen molar-refractivity contribution in [3.8, 4) is 0 Å². The van der Waals surface area contributed by atoms with Crippen LogP contribution < -0.4 is 4.22 Å². The molecule has 0 saturated carbocycles. The van der Waals surface area contributed by atoms with E-state index in [1.165, 1.54) is 0 Å². The van der Waals surface area contributed by atoms with E-state index in [1.807, 2.05) is 0 Å². The predicted molar refractivity (Wildman–Crippen MR) is 11.3 cm³/mol. The van der Waals surface area contributed by atoms with E-state index >= 15 is 0 Å². The maximum absolute atomic E-state index is 8.45. The van der Waals surface area contributed by atoms with Gasteiger partial charge in [-0.2, -0.15) is 0 Å². The molecule has 0 rings (SSSR count). The maximum atomic E-state index is 8.45. The molecular weight excluding hydrogens is 436 g/mol. The predicted octanol–water partition coefficient (Wildman–Crippen LogP) is -2.55. The molecule has 9 heavy (non-hydrogen) atoms. The summed E-state index contributed by atoms with van der Waals surface area (Å²) in [6.07, 6.45) is 0. The molecule has 0 aromatic heterocycles. The fraction of sp³-hybridized carbons (Fsp3) is 0. The van der Waals surface area contributed by atoms with Gasteiger partial charge in [-0.3, -0.25) is 0 Å². The molecule has 2 N–H and O–H groups in total. The molecule has 0 radical (unpaired) electrons. The van der Waals surface area contributed by atoms with Gasteiger partial charge in [0.2, 0.25) is 0 Å². The zero-order chi connectivity index (χ0) is 5.41. The summed E-state index contributed by atoms with van der Waals surface area (Å²) in [5.74, 6) is 0. The average molecular weight is 438 g/mol. The van der Waals surface area contributed by atoms with Gasteiger partial charge in [0.1, 0.15) is 0 Å². The van der Waals surface area contributed by atoms with E-state index in [0.29, 0.717) is 0 Å². The molecule has 0 aromatic rings. The van der Waals surface area contributed by atoms with Crippen LogP contribution in [0, 0.1) is 40.4 Å². The molecule has 0 bridgehead atoms. The van der Waals surface area contributed by atoms with Crippen LogP contribution in [0.1, 0.15) is 0 Å². The Labute approximate surface area is 134 Å². The summed E-state index contributed by atoms with van der Waals surface area (Å²) in [5.41, 5.74) is 0. The molecule has 0 aliphatic rings. The summed E-state index contributed by atoms with van der Waals surface area (Å²) in [5, 5.41) is 0. The zero-order valence-corrected chi connectivity index (χ0v) is 12.1. The van der Waals surface area contributed by atoms with E-state index in [1.54, 1.807) is 0 Å². The van der Waals surface area contributed by atoms with Gasteiger partial charge >= 0.3 is 91.6 Å². The first kappa shape index (κ1) is 29.5. The van der Waals surface area contributed by atoms with Crippen molar-refractivity contribution in [2.75, 3.05) is 0 Å². The van der Waals surface area contributed by atoms with Crippen LogP contribution in [0.2, 0.25) is 0 Å². The molecule has 5 nitrogen and oxygen atoms in total. The van der Waals surface area contributed by atoms with Crippen molar-refractivity contribution in [2.24, 2.45) is 0 Å². The van der Waals surface area contributed by atoms with Gasteiger partial charge in [-0.25, -0.2) is 0 Å². The second-order valence-electron chi connectivity index (χ2n) is 0.116. The quantitative estimate of drug-likeness (QED) is 0.420. The Hall–Kier alpha value is 3.31. The molecule has 58 valence electrons. The Morgan fingerprint density at radius 3 is 1.33 bits per heavy atom. The molecular formula is H2Co2O5SmSr. The van der Waals surface area contributed by atoms with Crippen LogP contribution in [0.25, 0.3) is 0 Å². The van der Waals surface area contributed by atoms with Crippen molar-refractivity contribution in [3.63, 3.8) is 0 Å². The van der Waals surface area contributed by atoms with Gasteiger partial charge in [0.25, 0.3) is 0 Å². The van der Waals surface area contributed by atoms with Crippen LogP contribution in [0.3, 0.4) is 0 Å². The molecule has 0 saturated heterocycles. The van der Waals surface area contributed by atoms with Gasteiger partial charge in [0.05, 0.1) is 0 Å². The van der Waals surface area contributed by atoms with Crippen molar-refractivity contribution >= 4 is 45.5 Å². The minimum Gasteiger partial charge on any atom is 0 e. The van der Waals surface area contributed by atoms with Gasteiger partial charge in [-0.05, 0) is 0 Å². The van der Waals surface area contributed by atoms with Crippen LogP contribution >= 0.6 is 0 Å². The first-order valence-corrected chi connectivity index (χ1v) is 2.30. The summed E-state index contributed by atoms with van der Waals surface area (Å²) in [6.45, 7) is 0. The summed E-state index contributed by atoms with van der Waals surface area (Å²) < 4.78 is 32.1. The molecule has 0 fully saturated rings. The average Bonchev–Trinajstić information content (AvgIpc) is 1.39. The van der Waals surface area contributed by atoms with Crippen molar-refractivity contribution in [2.45, 2.75) is 0 Å². The molecule has 0 atom stereocenters. The first-order valence-electron chi connectivity index (χ1n) is 0.557. The normalized spacial score (nSPS) is 4.67. The van der Waals surface area contributed by atoms with Gasteiger partial charge in [-0.1, -0.05) is 0 Å². The Morgan fingerprint density at radius 2 is 1.33 bits per heavy atom. The smallest absolute Gasteiger partial charge is 0 e. The molecule has 9 heteroatoms. The third-order valence-electron chi connectivity index (χ3n) is 0. The Bertz CT molecular complexity index is 35.9. The topological polar surface area (TPSA) is 107 Å². The van der Waals surface area contributed by atoms with Crippen LogP contribution in [0.4, 0.5) is 0 Å². The summed E-state index contributed by atoms with van der Waals surface area (Å²) >= 11 is -1.88. The molecule has 0 aliphatic carbocycles. The van der Waals surface area contributed by atoms with Crippen molar-refractivity contribution in [3.05, 3.63) is 0 Å². The molecule has 0 heterocycles. The fourth-order valence-electron chi connectivity index (χ4n) is 0. The fourth-order valence-corrected chi connectivity index (χ4v) is 0. The van der Waals surface area contributed by atoms with Crippen LogP contribution in [-0.4, -0.2) is 55.2 Å². The van der Waals surface area contributed by atoms with Crippen molar-refractivity contribution in [1.82, 2.24) is 0 Å². The molecule has 0 amide bonds. The summed E-state index contributed by atoms with van der Waals surface area (Å²) in [6, 6.07) is 0. The number of hydrogen-bond donors (Lipinski definition) is 1. The summed E-state index contributed by atoms with van der Waals surface area (Å²) in [4.78, 5) is 0. The third-order valence-corrected chi connectivity index (χ3v) is 0. The maximum Gasteiger partial charge on any atom is 2.00 e. The van der Waals surface area contributed by atoms with Gasteiger partial charge < -0.3 is 5.48 Å². The minimum absolute atomic E-state index is 0. The Balaban J connectivity index is -0.00000000889. The molecule has 0 unspecified atom stereocenters. The molecule has 0 aromatic carbocycles. The number of hydrogen-bond acceptors (Lipinski definition) is 4. The van der Waals surface area contributed by atoms with Crippen molar-refractivity contribution < 1.29 is 91.9 Å². The standard InChI is InChI=1S/2Co.2H2O.3O.Sm.Sr/h;;2*1H2;;;;;/q;+1;;;;;-1;;+2/p-2. The van der Waals surface area contributed by atoms with E-state index in [9.17, 15) is 0 Å².